The van der Waals surface area contributed by atoms with Crippen LogP contribution in [0.25, 0.3) is 0 Å². The van der Waals surface area contributed by atoms with Gasteiger partial charge in [-0.3, -0.25) is 0 Å². The summed E-state index contributed by atoms with van der Waals surface area (Å²) in [5.41, 5.74) is -0.193. The van der Waals surface area contributed by atoms with E-state index in [0.29, 0.717) is 24.5 Å². The first kappa shape index (κ1) is 15.1. The van der Waals surface area contributed by atoms with Gasteiger partial charge in [0.15, 0.2) is 0 Å². The van der Waals surface area contributed by atoms with Crippen LogP contribution in [-0.2, 0) is 10.3 Å². The van der Waals surface area contributed by atoms with Crippen molar-refractivity contribution in [2.24, 2.45) is 0 Å². The molecule has 0 bridgehead atoms. The Labute approximate surface area is 119 Å². The summed E-state index contributed by atoms with van der Waals surface area (Å²) in [6.45, 7) is 3.97. The summed E-state index contributed by atoms with van der Waals surface area (Å²) in [5, 5.41) is 14.1. The molecule has 0 amide bonds. The van der Waals surface area contributed by atoms with Crippen LogP contribution in [0.5, 0.6) is 11.5 Å². The maximum absolute atomic E-state index is 10.8. The Bertz CT molecular complexity index is 419. The van der Waals surface area contributed by atoms with Gasteiger partial charge in [-0.15, -0.1) is 0 Å². The number of morpholine rings is 1. The highest BCUT2D eigenvalue weighted by Gasteiger charge is 2.29. The van der Waals surface area contributed by atoms with E-state index in [1.165, 1.54) is 0 Å². The van der Waals surface area contributed by atoms with Gasteiger partial charge < -0.3 is 24.6 Å². The van der Waals surface area contributed by atoms with Crippen molar-refractivity contribution in [2.45, 2.75) is 25.0 Å². The summed E-state index contributed by atoms with van der Waals surface area (Å²) >= 11 is 0. The molecule has 2 N–H and O–H groups in total. The van der Waals surface area contributed by atoms with E-state index in [1.807, 2.05) is 12.1 Å². The fourth-order valence-corrected chi connectivity index (χ4v) is 2.47. The summed E-state index contributed by atoms with van der Waals surface area (Å²) in [6.07, 6.45) is 0.573. The van der Waals surface area contributed by atoms with Gasteiger partial charge in [-0.2, -0.15) is 0 Å². The Morgan fingerprint density at radius 2 is 1.95 bits per heavy atom. The van der Waals surface area contributed by atoms with Crippen LogP contribution >= 0.6 is 0 Å². The van der Waals surface area contributed by atoms with Crippen LogP contribution in [0.1, 0.15) is 18.9 Å². The van der Waals surface area contributed by atoms with E-state index in [1.54, 1.807) is 27.2 Å². The smallest absolute Gasteiger partial charge is 0.122 e. The zero-order valence-corrected chi connectivity index (χ0v) is 12.3. The van der Waals surface area contributed by atoms with Crippen molar-refractivity contribution in [3.63, 3.8) is 0 Å². The van der Waals surface area contributed by atoms with Crippen LogP contribution < -0.4 is 14.8 Å². The molecule has 1 aliphatic rings. The molecule has 1 heterocycles. The second kappa shape index (κ2) is 6.43. The predicted octanol–water partition coefficient (Wildman–Crippen LogP) is 1.29. The van der Waals surface area contributed by atoms with Gasteiger partial charge in [0.25, 0.3) is 0 Å². The summed E-state index contributed by atoms with van der Waals surface area (Å²) in [4.78, 5) is 0. The van der Waals surface area contributed by atoms with Crippen molar-refractivity contribution in [3.05, 3.63) is 23.8 Å². The van der Waals surface area contributed by atoms with Gasteiger partial charge in [0, 0.05) is 18.7 Å². The fourth-order valence-electron chi connectivity index (χ4n) is 2.47. The normalized spacial score (nSPS) is 22.1. The van der Waals surface area contributed by atoms with Crippen molar-refractivity contribution >= 4 is 0 Å². The van der Waals surface area contributed by atoms with Gasteiger partial charge in [0.2, 0.25) is 0 Å². The number of methoxy groups -OCH3 is 2. The Morgan fingerprint density at radius 3 is 2.45 bits per heavy atom. The Balaban J connectivity index is 2.18. The number of benzene rings is 1. The molecule has 5 heteroatoms. The zero-order chi connectivity index (χ0) is 14.6. The van der Waals surface area contributed by atoms with Crippen molar-refractivity contribution < 1.29 is 19.3 Å². The fraction of sp³-hybridized carbons (Fsp3) is 0.600. The highest BCUT2D eigenvalue weighted by Crippen LogP contribution is 2.32. The third-order valence-electron chi connectivity index (χ3n) is 3.62. The Kier molecular flexibility index (Phi) is 4.86. The van der Waals surface area contributed by atoms with Crippen LogP contribution in [0.4, 0.5) is 0 Å². The third-order valence-corrected chi connectivity index (χ3v) is 3.62. The number of ether oxygens (including phenoxy) is 3. The molecule has 2 unspecified atom stereocenters. The molecule has 1 saturated heterocycles. The number of aliphatic hydroxyl groups is 1. The van der Waals surface area contributed by atoms with Gasteiger partial charge >= 0.3 is 0 Å². The third kappa shape index (κ3) is 3.62. The summed E-state index contributed by atoms with van der Waals surface area (Å²) in [5.74, 6) is 1.35. The maximum atomic E-state index is 10.8. The number of nitrogens with one attached hydrogen (secondary N) is 1. The van der Waals surface area contributed by atoms with E-state index in [2.05, 4.69) is 5.32 Å². The lowest BCUT2D eigenvalue weighted by Crippen LogP contribution is -2.45. The summed E-state index contributed by atoms with van der Waals surface area (Å²) in [6, 6.07) is 5.62. The molecule has 0 radical (unpaired) electrons. The van der Waals surface area contributed by atoms with Crippen molar-refractivity contribution in [3.8, 4) is 11.5 Å². The minimum Gasteiger partial charge on any atom is -0.497 e. The van der Waals surface area contributed by atoms with Crippen LogP contribution in [0.2, 0.25) is 0 Å². The zero-order valence-electron chi connectivity index (χ0n) is 12.3. The second-order valence-corrected chi connectivity index (χ2v) is 5.31. The monoisotopic (exact) mass is 281 g/mol. The Hall–Kier alpha value is -1.30. The lowest BCUT2D eigenvalue weighted by atomic mass is 9.88. The topological polar surface area (TPSA) is 60.0 Å². The molecule has 2 rings (SSSR count). The molecular formula is C15H23NO4. The van der Waals surface area contributed by atoms with Crippen LogP contribution in [0, 0.1) is 0 Å². The lowest BCUT2D eigenvalue weighted by molar-refractivity contribution is 0.00299. The van der Waals surface area contributed by atoms with Crippen LogP contribution in [0.3, 0.4) is 0 Å². The largest absolute Gasteiger partial charge is 0.497 e. The van der Waals surface area contributed by atoms with E-state index in [0.717, 1.165) is 18.7 Å². The van der Waals surface area contributed by atoms with E-state index < -0.39 is 5.60 Å². The molecule has 1 fully saturated rings. The Morgan fingerprint density at radius 1 is 1.30 bits per heavy atom. The summed E-state index contributed by atoms with van der Waals surface area (Å²) in [7, 11) is 3.20. The second-order valence-electron chi connectivity index (χ2n) is 5.31. The van der Waals surface area contributed by atoms with Gasteiger partial charge in [-0.25, -0.2) is 0 Å². The first-order valence-electron chi connectivity index (χ1n) is 6.82. The van der Waals surface area contributed by atoms with E-state index >= 15 is 0 Å². The van der Waals surface area contributed by atoms with Gasteiger partial charge in [0.1, 0.15) is 11.5 Å². The van der Waals surface area contributed by atoms with Gasteiger partial charge in [0.05, 0.1) is 33.0 Å². The van der Waals surface area contributed by atoms with Crippen LogP contribution in [-0.4, -0.2) is 45.1 Å². The molecule has 20 heavy (non-hydrogen) atoms. The molecule has 1 aromatic carbocycles. The first-order valence-corrected chi connectivity index (χ1v) is 6.82. The SMILES string of the molecule is COc1cc(OC)cc(C(C)(O)CC2COCCN2)c1. The highest BCUT2D eigenvalue weighted by molar-refractivity contribution is 5.40. The molecule has 1 aromatic rings. The quantitative estimate of drug-likeness (QED) is 0.851. The molecule has 0 saturated carbocycles. The first-order chi connectivity index (χ1) is 9.55. The molecular weight excluding hydrogens is 258 g/mol. The van der Waals surface area contributed by atoms with Gasteiger partial charge in [-0.05, 0) is 31.0 Å². The van der Waals surface area contributed by atoms with E-state index in [4.69, 9.17) is 14.2 Å². The minimum absolute atomic E-state index is 0.149. The van der Waals surface area contributed by atoms with E-state index in [-0.39, 0.29) is 6.04 Å². The number of rotatable bonds is 5. The van der Waals surface area contributed by atoms with Crippen LogP contribution in [0.15, 0.2) is 18.2 Å². The number of hydrogen-bond acceptors (Lipinski definition) is 5. The molecule has 1 aliphatic heterocycles. The predicted molar refractivity (Wildman–Crippen MR) is 76.3 cm³/mol. The minimum atomic E-state index is -0.972. The van der Waals surface area contributed by atoms with Crippen molar-refractivity contribution in [1.29, 1.82) is 0 Å². The molecule has 0 aromatic heterocycles. The summed E-state index contributed by atoms with van der Waals surface area (Å²) < 4.78 is 15.9. The standard InChI is InChI=1S/C15H23NO4/c1-15(17,9-12-10-20-5-4-16-12)11-6-13(18-2)8-14(7-11)19-3/h6-8,12,16-17H,4-5,9-10H2,1-3H3. The molecule has 5 nitrogen and oxygen atoms in total. The maximum Gasteiger partial charge on any atom is 0.122 e. The van der Waals surface area contributed by atoms with Crippen molar-refractivity contribution in [2.75, 3.05) is 34.0 Å². The molecule has 0 spiro atoms. The van der Waals surface area contributed by atoms with Gasteiger partial charge in [-0.1, -0.05) is 0 Å². The molecule has 2 atom stereocenters. The average molecular weight is 281 g/mol. The molecule has 0 aliphatic carbocycles. The van der Waals surface area contributed by atoms with E-state index in [9.17, 15) is 5.11 Å². The highest BCUT2D eigenvalue weighted by atomic mass is 16.5. The van der Waals surface area contributed by atoms with Crippen molar-refractivity contribution in [1.82, 2.24) is 5.32 Å². The molecule has 112 valence electrons. The lowest BCUT2D eigenvalue weighted by Gasteiger charge is -2.32. The average Bonchev–Trinajstić information content (AvgIpc) is 2.47. The number of hydrogen-bond donors (Lipinski definition) is 2.